The standard InChI is InChI=1S/C24H17F3N2OS2/c25-18-5-1-16(2-6-18)14-31-24(32-15-17-3-7-19(26)8-4-17)22(13-28)23(30)29-21-11-9-20(27)10-12-21/h1-12H,14-15H2,(H,29,30). The van der Waals surface area contributed by atoms with Crippen LogP contribution in [0.1, 0.15) is 11.1 Å². The number of nitriles is 1. The van der Waals surface area contributed by atoms with Gasteiger partial charge in [-0.05, 0) is 59.7 Å². The fourth-order valence-electron chi connectivity index (χ4n) is 2.56. The number of anilines is 1. The van der Waals surface area contributed by atoms with Crippen LogP contribution in [0.3, 0.4) is 0 Å². The van der Waals surface area contributed by atoms with E-state index in [9.17, 15) is 23.2 Å². The second-order valence-electron chi connectivity index (χ2n) is 6.57. The van der Waals surface area contributed by atoms with Crippen molar-refractivity contribution in [1.29, 1.82) is 5.26 Å². The lowest BCUT2D eigenvalue weighted by atomic mass is 10.2. The number of thioether (sulfide) groups is 2. The first-order valence-electron chi connectivity index (χ1n) is 9.40. The number of nitrogens with zero attached hydrogens (tertiary/aromatic N) is 1. The van der Waals surface area contributed by atoms with Crippen molar-refractivity contribution in [3.05, 3.63) is 111 Å². The van der Waals surface area contributed by atoms with E-state index in [1.807, 2.05) is 6.07 Å². The molecule has 1 N–H and O–H groups in total. The zero-order valence-electron chi connectivity index (χ0n) is 16.6. The van der Waals surface area contributed by atoms with Gasteiger partial charge in [-0.25, -0.2) is 13.2 Å². The van der Waals surface area contributed by atoms with Crippen LogP contribution < -0.4 is 5.32 Å². The lowest BCUT2D eigenvalue weighted by molar-refractivity contribution is -0.112. The largest absolute Gasteiger partial charge is 0.321 e. The number of benzene rings is 3. The second-order valence-corrected chi connectivity index (χ2v) is 8.80. The van der Waals surface area contributed by atoms with Gasteiger partial charge in [0.1, 0.15) is 29.1 Å². The molecule has 0 bridgehead atoms. The Hall–Kier alpha value is -3.15. The predicted molar refractivity (Wildman–Crippen MR) is 123 cm³/mol. The first kappa shape index (κ1) is 23.5. The quantitative estimate of drug-likeness (QED) is 0.296. The molecule has 1 amide bonds. The van der Waals surface area contributed by atoms with Gasteiger partial charge in [-0.3, -0.25) is 4.79 Å². The Morgan fingerprint density at radius 2 is 1.16 bits per heavy atom. The number of hydrogen-bond donors (Lipinski definition) is 1. The number of amides is 1. The third kappa shape index (κ3) is 6.94. The molecule has 0 atom stereocenters. The van der Waals surface area contributed by atoms with Crippen molar-refractivity contribution in [3.8, 4) is 6.07 Å². The zero-order valence-corrected chi connectivity index (χ0v) is 18.3. The molecule has 0 unspecified atom stereocenters. The average Bonchev–Trinajstić information content (AvgIpc) is 2.79. The van der Waals surface area contributed by atoms with Crippen molar-refractivity contribution in [2.24, 2.45) is 0 Å². The topological polar surface area (TPSA) is 52.9 Å². The van der Waals surface area contributed by atoms with Gasteiger partial charge < -0.3 is 5.32 Å². The van der Waals surface area contributed by atoms with E-state index in [2.05, 4.69) is 5.32 Å². The van der Waals surface area contributed by atoms with Crippen LogP contribution in [0.4, 0.5) is 18.9 Å². The predicted octanol–water partition coefficient (Wildman–Crippen LogP) is 6.64. The summed E-state index contributed by atoms with van der Waals surface area (Å²) in [7, 11) is 0. The highest BCUT2D eigenvalue weighted by molar-refractivity contribution is 8.21. The summed E-state index contributed by atoms with van der Waals surface area (Å²) in [5, 5.41) is 12.3. The minimum atomic E-state index is -0.618. The molecule has 3 nitrogen and oxygen atoms in total. The minimum absolute atomic E-state index is 0.0893. The van der Waals surface area contributed by atoms with Crippen LogP contribution in [0, 0.1) is 28.8 Å². The fraction of sp³-hybridized carbons (Fsp3) is 0.0833. The Balaban J connectivity index is 1.81. The summed E-state index contributed by atoms with van der Waals surface area (Å²) in [6.45, 7) is 0. The fourth-order valence-corrected chi connectivity index (χ4v) is 4.79. The molecule has 32 heavy (non-hydrogen) atoms. The molecule has 3 rings (SSSR count). The molecule has 0 fully saturated rings. The van der Waals surface area contributed by atoms with Crippen LogP contribution in [0.25, 0.3) is 0 Å². The normalized spacial score (nSPS) is 10.3. The molecule has 0 aromatic heterocycles. The van der Waals surface area contributed by atoms with Crippen molar-refractivity contribution >= 4 is 35.1 Å². The molecule has 0 aliphatic rings. The van der Waals surface area contributed by atoms with Gasteiger partial charge in [0.05, 0.1) is 4.24 Å². The van der Waals surface area contributed by atoms with Crippen molar-refractivity contribution in [1.82, 2.24) is 0 Å². The number of rotatable bonds is 8. The molecule has 0 heterocycles. The van der Waals surface area contributed by atoms with Crippen LogP contribution in [0.5, 0.6) is 0 Å². The SMILES string of the molecule is N#CC(C(=O)Nc1ccc(F)cc1)=C(SCc1ccc(F)cc1)SCc1ccc(F)cc1. The summed E-state index contributed by atoms with van der Waals surface area (Å²) in [5.41, 5.74) is 1.92. The summed E-state index contributed by atoms with van der Waals surface area (Å²) in [5.74, 6) is -0.924. The molecule has 0 saturated heterocycles. The minimum Gasteiger partial charge on any atom is -0.321 e. The molecule has 3 aromatic carbocycles. The molecule has 0 aliphatic carbocycles. The van der Waals surface area contributed by atoms with E-state index in [1.165, 1.54) is 72.1 Å². The monoisotopic (exact) mass is 470 g/mol. The molecule has 8 heteroatoms. The van der Waals surface area contributed by atoms with Gasteiger partial charge in [0.25, 0.3) is 5.91 Å². The molecule has 162 valence electrons. The van der Waals surface area contributed by atoms with E-state index in [1.54, 1.807) is 24.3 Å². The van der Waals surface area contributed by atoms with Gasteiger partial charge in [-0.1, -0.05) is 24.3 Å². The Morgan fingerprint density at radius 1 is 0.750 bits per heavy atom. The summed E-state index contributed by atoms with van der Waals surface area (Å²) in [6.07, 6.45) is 0. The lowest BCUT2D eigenvalue weighted by Gasteiger charge is -2.11. The lowest BCUT2D eigenvalue weighted by Crippen LogP contribution is -2.14. The Labute approximate surface area is 192 Å². The van der Waals surface area contributed by atoms with Gasteiger partial charge >= 0.3 is 0 Å². The van der Waals surface area contributed by atoms with Crippen molar-refractivity contribution in [2.45, 2.75) is 11.5 Å². The molecule has 0 spiro atoms. The van der Waals surface area contributed by atoms with Crippen LogP contribution in [0.15, 0.2) is 82.6 Å². The van der Waals surface area contributed by atoms with E-state index in [0.717, 1.165) is 11.1 Å². The van der Waals surface area contributed by atoms with Crippen molar-refractivity contribution in [2.75, 3.05) is 5.32 Å². The van der Waals surface area contributed by atoms with Crippen molar-refractivity contribution < 1.29 is 18.0 Å². The van der Waals surface area contributed by atoms with Crippen molar-refractivity contribution in [3.63, 3.8) is 0 Å². The molecule has 0 saturated carbocycles. The summed E-state index contributed by atoms with van der Waals surface area (Å²) in [4.78, 5) is 12.8. The van der Waals surface area contributed by atoms with E-state index in [0.29, 0.717) is 21.4 Å². The second kappa shape index (κ2) is 11.5. The Kier molecular flexibility index (Phi) is 8.42. The Morgan fingerprint density at radius 3 is 1.56 bits per heavy atom. The van der Waals surface area contributed by atoms with Crippen LogP contribution in [0.2, 0.25) is 0 Å². The maximum atomic E-state index is 13.2. The molecule has 3 aromatic rings. The number of carbonyl (C=O) groups excluding carboxylic acids is 1. The molecular formula is C24H17F3N2OS2. The number of nitrogens with one attached hydrogen (secondary N) is 1. The van der Waals surface area contributed by atoms with Gasteiger partial charge in [-0.2, -0.15) is 5.26 Å². The summed E-state index contributed by atoms with van der Waals surface area (Å²) in [6, 6.07) is 19.1. The summed E-state index contributed by atoms with van der Waals surface area (Å²) < 4.78 is 39.9. The van der Waals surface area contributed by atoms with Crippen LogP contribution in [-0.2, 0) is 16.3 Å². The highest BCUT2D eigenvalue weighted by atomic mass is 32.2. The third-order valence-electron chi connectivity index (χ3n) is 4.21. The highest BCUT2D eigenvalue weighted by Crippen LogP contribution is 2.36. The molecule has 0 radical (unpaired) electrons. The van der Waals surface area contributed by atoms with Gasteiger partial charge in [0.15, 0.2) is 0 Å². The van der Waals surface area contributed by atoms with Crippen LogP contribution in [-0.4, -0.2) is 5.91 Å². The van der Waals surface area contributed by atoms with Gasteiger partial charge in [-0.15, -0.1) is 23.5 Å². The maximum Gasteiger partial charge on any atom is 0.268 e. The van der Waals surface area contributed by atoms with E-state index in [4.69, 9.17) is 0 Å². The first-order valence-corrected chi connectivity index (χ1v) is 11.4. The first-order chi connectivity index (χ1) is 15.4. The Bertz CT molecular complexity index is 1090. The molecule has 0 aliphatic heterocycles. The number of hydrogen-bond acceptors (Lipinski definition) is 4. The van der Waals surface area contributed by atoms with Crippen LogP contribution >= 0.6 is 23.5 Å². The van der Waals surface area contributed by atoms with Gasteiger partial charge in [0, 0.05) is 17.2 Å². The highest BCUT2D eigenvalue weighted by Gasteiger charge is 2.18. The number of halogens is 3. The third-order valence-corrected chi connectivity index (χ3v) is 6.81. The van der Waals surface area contributed by atoms with E-state index in [-0.39, 0.29) is 17.2 Å². The van der Waals surface area contributed by atoms with E-state index >= 15 is 0 Å². The molecular weight excluding hydrogens is 453 g/mol. The maximum absolute atomic E-state index is 13.2. The van der Waals surface area contributed by atoms with E-state index < -0.39 is 11.7 Å². The van der Waals surface area contributed by atoms with Gasteiger partial charge in [0.2, 0.25) is 0 Å². The number of carbonyl (C=O) groups is 1. The zero-order chi connectivity index (χ0) is 22.9. The summed E-state index contributed by atoms with van der Waals surface area (Å²) >= 11 is 2.56. The smallest absolute Gasteiger partial charge is 0.268 e. The average molecular weight is 471 g/mol.